The number of rotatable bonds is 5. The molecule has 0 saturated carbocycles. The van der Waals surface area contributed by atoms with Gasteiger partial charge in [0.25, 0.3) is 5.22 Å². The van der Waals surface area contributed by atoms with E-state index in [9.17, 15) is 0 Å². The largest absolute Gasteiger partial charge is 0.416 e. The summed E-state index contributed by atoms with van der Waals surface area (Å²) in [5, 5.41) is 17.3. The van der Waals surface area contributed by atoms with E-state index in [0.717, 1.165) is 17.3 Å². The summed E-state index contributed by atoms with van der Waals surface area (Å²) >= 11 is 1.45. The van der Waals surface area contributed by atoms with Crippen molar-refractivity contribution >= 4 is 11.8 Å². The molecule has 104 valence electrons. The molecule has 0 unspecified atom stereocenters. The van der Waals surface area contributed by atoms with Gasteiger partial charge in [-0.25, -0.2) is 0 Å². The summed E-state index contributed by atoms with van der Waals surface area (Å²) in [5.41, 5.74) is 2.20. The third-order valence-electron chi connectivity index (χ3n) is 2.67. The molecule has 19 heavy (non-hydrogen) atoms. The highest BCUT2D eigenvalue weighted by atomic mass is 32.2. The molecule has 6 nitrogen and oxygen atoms in total. The van der Waals surface area contributed by atoms with Gasteiger partial charge in [0, 0.05) is 32.1 Å². The molecule has 1 N–H and O–H groups in total. The number of hydrogen-bond donors (Lipinski definition) is 1. The average molecular weight is 281 g/mol. The van der Waals surface area contributed by atoms with Crippen LogP contribution in [0, 0.1) is 13.8 Å². The first-order valence-electron chi connectivity index (χ1n) is 6.21. The molecule has 2 rings (SSSR count). The predicted molar refractivity (Wildman–Crippen MR) is 73.1 cm³/mol. The Balaban J connectivity index is 2.23. The second-order valence-electron chi connectivity index (χ2n) is 4.72. The molecular formula is C12H19N5OS. The fourth-order valence-electron chi connectivity index (χ4n) is 1.72. The van der Waals surface area contributed by atoms with Crippen LogP contribution in [-0.4, -0.2) is 26.0 Å². The van der Waals surface area contributed by atoms with Gasteiger partial charge in [-0.2, -0.15) is 5.10 Å². The Morgan fingerprint density at radius 3 is 2.63 bits per heavy atom. The molecule has 0 fully saturated rings. The second-order valence-corrected chi connectivity index (χ2v) is 5.66. The molecule has 7 heteroatoms. The van der Waals surface area contributed by atoms with Crippen molar-refractivity contribution in [1.82, 2.24) is 25.3 Å². The van der Waals surface area contributed by atoms with Gasteiger partial charge in [0.1, 0.15) is 5.03 Å². The molecule has 0 aromatic carbocycles. The molecule has 0 spiro atoms. The summed E-state index contributed by atoms with van der Waals surface area (Å²) in [7, 11) is 1.93. The zero-order valence-corrected chi connectivity index (χ0v) is 12.7. The van der Waals surface area contributed by atoms with Crippen molar-refractivity contribution in [1.29, 1.82) is 0 Å². The van der Waals surface area contributed by atoms with Crippen molar-refractivity contribution in [3.63, 3.8) is 0 Å². The molecule has 0 saturated heterocycles. The van der Waals surface area contributed by atoms with Crippen LogP contribution in [0.3, 0.4) is 0 Å². The minimum Gasteiger partial charge on any atom is -0.416 e. The predicted octanol–water partition coefficient (Wildman–Crippen LogP) is 2.07. The maximum absolute atomic E-state index is 5.41. The number of hydrogen-bond acceptors (Lipinski definition) is 6. The number of aromatic nitrogens is 4. The zero-order chi connectivity index (χ0) is 14.0. The maximum Gasteiger partial charge on any atom is 0.282 e. The van der Waals surface area contributed by atoms with Crippen molar-refractivity contribution in [2.75, 3.05) is 0 Å². The highest BCUT2D eigenvalue weighted by Gasteiger charge is 2.17. The molecule has 0 aliphatic heterocycles. The van der Waals surface area contributed by atoms with Crippen molar-refractivity contribution in [3.05, 3.63) is 17.1 Å². The first-order chi connectivity index (χ1) is 8.97. The topological polar surface area (TPSA) is 68.8 Å². The summed E-state index contributed by atoms with van der Waals surface area (Å²) in [6.45, 7) is 8.83. The fraction of sp³-hybridized carbons (Fsp3) is 0.583. The van der Waals surface area contributed by atoms with Crippen LogP contribution in [0.25, 0.3) is 0 Å². The van der Waals surface area contributed by atoms with Crippen molar-refractivity contribution in [2.24, 2.45) is 7.05 Å². The number of nitrogens with one attached hydrogen (secondary N) is 1. The first kappa shape index (κ1) is 14.1. The Morgan fingerprint density at radius 2 is 2.05 bits per heavy atom. The zero-order valence-electron chi connectivity index (χ0n) is 11.9. The third kappa shape index (κ3) is 3.36. The standard InChI is InChI=1S/C12H19N5OS/c1-7(2)13-6-10-8(3)16-17(5)11(10)19-12-15-14-9(4)18-12/h7,13H,6H2,1-5H3. The minimum absolute atomic E-state index is 0.433. The normalized spacial score (nSPS) is 11.5. The van der Waals surface area contributed by atoms with Gasteiger partial charge in [0.05, 0.1) is 5.69 Å². The van der Waals surface area contributed by atoms with E-state index >= 15 is 0 Å². The van der Waals surface area contributed by atoms with Crippen molar-refractivity contribution in [3.8, 4) is 0 Å². The molecule has 2 aromatic heterocycles. The maximum atomic E-state index is 5.41. The van der Waals surface area contributed by atoms with Crippen LogP contribution < -0.4 is 5.32 Å². The molecule has 0 amide bonds. The smallest absolute Gasteiger partial charge is 0.282 e. The number of aryl methyl sites for hydroxylation is 3. The monoisotopic (exact) mass is 281 g/mol. The van der Waals surface area contributed by atoms with Crippen LogP contribution in [0.15, 0.2) is 14.7 Å². The first-order valence-corrected chi connectivity index (χ1v) is 7.03. The van der Waals surface area contributed by atoms with E-state index in [1.807, 2.05) is 18.7 Å². The fourth-order valence-corrected chi connectivity index (χ4v) is 2.65. The SMILES string of the molecule is Cc1nnc(Sc2c(CNC(C)C)c(C)nn2C)o1. The van der Waals surface area contributed by atoms with Gasteiger partial charge in [-0.1, -0.05) is 13.8 Å². The molecule has 0 bridgehead atoms. The molecule has 0 aliphatic carbocycles. The van der Waals surface area contributed by atoms with Crippen molar-refractivity contribution in [2.45, 2.75) is 50.5 Å². The van der Waals surface area contributed by atoms with E-state index in [1.165, 1.54) is 17.3 Å². The lowest BCUT2D eigenvalue weighted by molar-refractivity contribution is 0.428. The van der Waals surface area contributed by atoms with Crippen molar-refractivity contribution < 1.29 is 4.42 Å². The van der Waals surface area contributed by atoms with Gasteiger partial charge in [-0.15, -0.1) is 10.2 Å². The molecule has 0 atom stereocenters. The summed E-state index contributed by atoms with van der Waals surface area (Å²) in [5.74, 6) is 0.572. The molecule has 0 aliphatic rings. The lowest BCUT2D eigenvalue weighted by atomic mass is 10.2. The summed E-state index contributed by atoms with van der Waals surface area (Å²) in [4.78, 5) is 0. The molecular weight excluding hydrogens is 262 g/mol. The third-order valence-corrected chi connectivity index (χ3v) is 3.71. The highest BCUT2D eigenvalue weighted by molar-refractivity contribution is 7.99. The summed E-state index contributed by atoms with van der Waals surface area (Å²) < 4.78 is 7.27. The van der Waals surface area contributed by atoms with Gasteiger partial charge in [-0.05, 0) is 18.7 Å². The van der Waals surface area contributed by atoms with Gasteiger partial charge in [0.15, 0.2) is 0 Å². The van der Waals surface area contributed by atoms with E-state index in [4.69, 9.17) is 4.42 Å². The van der Waals surface area contributed by atoms with E-state index < -0.39 is 0 Å². The van der Waals surface area contributed by atoms with Gasteiger partial charge >= 0.3 is 0 Å². The van der Waals surface area contributed by atoms with Crippen LogP contribution in [-0.2, 0) is 13.6 Å². The van der Waals surface area contributed by atoms with Crippen LogP contribution in [0.1, 0.15) is 31.0 Å². The Morgan fingerprint density at radius 1 is 1.32 bits per heavy atom. The summed E-state index contributed by atoms with van der Waals surface area (Å²) in [6.07, 6.45) is 0. The Bertz CT molecular complexity index is 560. The highest BCUT2D eigenvalue weighted by Crippen LogP contribution is 2.30. The molecule has 0 radical (unpaired) electrons. The van der Waals surface area contributed by atoms with Crippen LogP contribution >= 0.6 is 11.8 Å². The van der Waals surface area contributed by atoms with Gasteiger partial charge < -0.3 is 9.73 Å². The molecule has 2 heterocycles. The van der Waals surface area contributed by atoms with E-state index in [0.29, 0.717) is 17.2 Å². The average Bonchev–Trinajstić information content (AvgIpc) is 2.83. The van der Waals surface area contributed by atoms with Crippen LogP contribution in [0.2, 0.25) is 0 Å². The lowest BCUT2D eigenvalue weighted by Gasteiger charge is -2.09. The minimum atomic E-state index is 0.433. The summed E-state index contributed by atoms with van der Waals surface area (Å²) in [6, 6.07) is 0.433. The van der Waals surface area contributed by atoms with E-state index in [1.54, 1.807) is 6.92 Å². The van der Waals surface area contributed by atoms with Gasteiger partial charge in [-0.3, -0.25) is 4.68 Å². The van der Waals surface area contributed by atoms with Crippen LogP contribution in [0.5, 0.6) is 0 Å². The Labute approximate surface area is 117 Å². The van der Waals surface area contributed by atoms with E-state index in [-0.39, 0.29) is 0 Å². The molecule has 2 aromatic rings. The van der Waals surface area contributed by atoms with E-state index in [2.05, 4.69) is 34.5 Å². The van der Waals surface area contributed by atoms with Gasteiger partial charge in [0.2, 0.25) is 5.89 Å². The Hall–Kier alpha value is -1.34. The quantitative estimate of drug-likeness (QED) is 0.905. The second kappa shape index (κ2) is 5.75. The van der Waals surface area contributed by atoms with Crippen LogP contribution in [0.4, 0.5) is 0 Å². The Kier molecular flexibility index (Phi) is 4.26. The number of nitrogens with zero attached hydrogens (tertiary/aromatic N) is 4. The lowest BCUT2D eigenvalue weighted by Crippen LogP contribution is -2.22.